The lowest BCUT2D eigenvalue weighted by molar-refractivity contribution is -0.148. The topological polar surface area (TPSA) is 66.5 Å². The Bertz CT molecular complexity index is 1420. The van der Waals surface area contributed by atoms with Crippen molar-refractivity contribution in [3.8, 4) is 0 Å². The third kappa shape index (κ3) is 3.22. The van der Waals surface area contributed by atoms with Gasteiger partial charge in [-0.1, -0.05) is 85.6 Å². The largest absolute Gasteiger partial charge is 0.324 e. The molecule has 5 nitrogen and oxygen atoms in total. The van der Waals surface area contributed by atoms with Crippen LogP contribution in [-0.4, -0.2) is 28.7 Å². The molecular weight excluding hydrogens is 566 g/mol. The number of imide groups is 1. The van der Waals surface area contributed by atoms with Crippen LogP contribution >= 0.6 is 46.4 Å². The third-order valence-electron chi connectivity index (χ3n) is 7.98. The Labute approximate surface area is 240 Å². The summed E-state index contributed by atoms with van der Waals surface area (Å²) in [6.45, 7) is 3.57. The number of rotatable bonds is 4. The zero-order valence-electron chi connectivity index (χ0n) is 20.3. The molecule has 3 amide bonds. The van der Waals surface area contributed by atoms with Crippen LogP contribution in [0.1, 0.15) is 36.1 Å². The van der Waals surface area contributed by atoms with Crippen LogP contribution in [0.3, 0.4) is 0 Å². The van der Waals surface area contributed by atoms with Crippen molar-refractivity contribution >= 4 is 69.8 Å². The van der Waals surface area contributed by atoms with E-state index in [4.69, 9.17) is 46.4 Å². The number of carbonyl (C=O) groups excluding carboxylic acids is 3. The fraction of sp³-hybridized carbons (Fsp3) is 0.276. The van der Waals surface area contributed by atoms with E-state index in [0.717, 1.165) is 4.90 Å². The second kappa shape index (κ2) is 8.72. The van der Waals surface area contributed by atoms with E-state index in [1.54, 1.807) is 26.0 Å². The maximum absolute atomic E-state index is 14.3. The predicted octanol–water partition coefficient (Wildman–Crippen LogP) is 6.55. The van der Waals surface area contributed by atoms with Crippen LogP contribution in [0, 0.1) is 17.8 Å². The number of likely N-dealkylation sites (tertiary alicyclic amines) is 1. The molecule has 1 saturated heterocycles. The number of anilines is 1. The van der Waals surface area contributed by atoms with Gasteiger partial charge in [0.1, 0.15) is 15.8 Å². The lowest BCUT2D eigenvalue weighted by Crippen LogP contribution is -2.57. The van der Waals surface area contributed by atoms with Gasteiger partial charge in [0.2, 0.25) is 17.7 Å². The summed E-state index contributed by atoms with van der Waals surface area (Å²) in [5.74, 6) is -3.88. The van der Waals surface area contributed by atoms with Crippen molar-refractivity contribution in [1.82, 2.24) is 4.90 Å². The molecule has 3 aromatic rings. The molecule has 2 bridgehead atoms. The van der Waals surface area contributed by atoms with Gasteiger partial charge in [0, 0.05) is 5.69 Å². The van der Waals surface area contributed by atoms with Crippen LogP contribution in [0.5, 0.6) is 0 Å². The van der Waals surface area contributed by atoms with Gasteiger partial charge in [-0.25, -0.2) is 0 Å². The average Bonchev–Trinajstić information content (AvgIpc) is 3.16. The first kappa shape index (κ1) is 25.7. The predicted molar refractivity (Wildman–Crippen MR) is 149 cm³/mol. The molecule has 1 heterocycles. The first-order chi connectivity index (χ1) is 18.0. The van der Waals surface area contributed by atoms with Crippen LogP contribution < -0.4 is 5.32 Å². The second-order valence-corrected chi connectivity index (χ2v) is 12.3. The summed E-state index contributed by atoms with van der Waals surface area (Å²) in [5.41, 5.74) is 3.23. The molecular formula is C29H22Cl4N2O3. The van der Waals surface area contributed by atoms with Gasteiger partial charge >= 0.3 is 0 Å². The number of amides is 3. The molecule has 0 saturated carbocycles. The number of hydrogen-bond acceptors (Lipinski definition) is 3. The van der Waals surface area contributed by atoms with Crippen molar-refractivity contribution in [2.24, 2.45) is 17.8 Å². The maximum atomic E-state index is 14.3. The van der Waals surface area contributed by atoms with Gasteiger partial charge in [-0.05, 0) is 46.4 Å². The minimum Gasteiger partial charge on any atom is -0.324 e. The van der Waals surface area contributed by atoms with Gasteiger partial charge in [-0.15, -0.1) is 23.2 Å². The van der Waals surface area contributed by atoms with Gasteiger partial charge in [-0.3, -0.25) is 19.3 Å². The van der Waals surface area contributed by atoms with E-state index in [9.17, 15) is 14.4 Å². The number of nitrogens with zero attached hydrogens (tertiary/aromatic N) is 1. The van der Waals surface area contributed by atoms with E-state index in [-0.39, 0.29) is 5.02 Å². The van der Waals surface area contributed by atoms with Gasteiger partial charge < -0.3 is 5.32 Å². The molecule has 9 heteroatoms. The Balaban J connectivity index is 1.47. The fourth-order valence-electron chi connectivity index (χ4n) is 6.47. The minimum absolute atomic E-state index is 0.269. The molecule has 7 rings (SSSR count). The Morgan fingerprint density at radius 1 is 0.789 bits per heavy atom. The van der Waals surface area contributed by atoms with E-state index in [1.165, 1.54) is 6.07 Å². The van der Waals surface area contributed by atoms with E-state index in [2.05, 4.69) is 5.32 Å². The highest BCUT2D eigenvalue weighted by atomic mass is 35.5. The van der Waals surface area contributed by atoms with Crippen molar-refractivity contribution in [2.45, 2.75) is 29.6 Å². The molecule has 194 valence electrons. The first-order valence-electron chi connectivity index (χ1n) is 12.2. The normalized spacial score (nSPS) is 27.7. The van der Waals surface area contributed by atoms with Crippen LogP contribution in [0.15, 0.2) is 66.7 Å². The number of alkyl halides is 2. The fourth-order valence-corrected chi connectivity index (χ4v) is 7.87. The highest BCUT2D eigenvalue weighted by molar-refractivity contribution is 6.42. The molecule has 4 aliphatic rings. The van der Waals surface area contributed by atoms with E-state index < -0.39 is 51.3 Å². The molecule has 0 aromatic heterocycles. The maximum Gasteiger partial charge on any atom is 0.247 e. The van der Waals surface area contributed by atoms with E-state index >= 15 is 0 Å². The summed E-state index contributed by atoms with van der Waals surface area (Å²) in [5, 5.41) is 3.40. The molecule has 1 fully saturated rings. The summed E-state index contributed by atoms with van der Waals surface area (Å²) in [6.07, 6.45) is 0. The van der Waals surface area contributed by atoms with E-state index in [1.807, 2.05) is 48.5 Å². The molecule has 0 radical (unpaired) electrons. The van der Waals surface area contributed by atoms with Crippen molar-refractivity contribution in [2.75, 3.05) is 5.32 Å². The molecule has 1 N–H and O–H groups in total. The van der Waals surface area contributed by atoms with Crippen LogP contribution in [0.25, 0.3) is 0 Å². The van der Waals surface area contributed by atoms with Crippen molar-refractivity contribution in [1.29, 1.82) is 0 Å². The van der Waals surface area contributed by atoms with E-state index in [0.29, 0.717) is 33.0 Å². The number of halogens is 4. The summed E-state index contributed by atoms with van der Waals surface area (Å²) in [6, 6.07) is 18.4. The van der Waals surface area contributed by atoms with Crippen molar-refractivity contribution < 1.29 is 14.4 Å². The molecule has 38 heavy (non-hydrogen) atoms. The minimum atomic E-state index is -1.31. The highest BCUT2D eigenvalue weighted by Gasteiger charge is 2.73. The molecule has 3 aromatic carbocycles. The summed E-state index contributed by atoms with van der Waals surface area (Å²) in [4.78, 5) is 40.6. The Hall–Kier alpha value is -2.57. The van der Waals surface area contributed by atoms with Gasteiger partial charge in [0.05, 0.1) is 21.9 Å². The average molecular weight is 588 g/mol. The first-order valence-corrected chi connectivity index (χ1v) is 13.7. The molecule has 3 atom stereocenters. The molecule has 3 aliphatic carbocycles. The monoisotopic (exact) mass is 586 g/mol. The summed E-state index contributed by atoms with van der Waals surface area (Å²) >= 11 is 27.1. The molecule has 0 spiro atoms. The standard InChI is InChI=1S/C29H22Cl4N2O3/c1-14(2)24(25(36)34-15-11-12-20(30)21(31)13-15)35-26(37)22-23(27(35)38)29(33)17-8-4-3-7-16(17)28(22,32)18-9-5-6-10-19(18)29/h3-14,22-24H,1-2H3,(H,34,36)/t22-,23+,24-,28?,29?/m0/s1. The zero-order valence-corrected chi connectivity index (χ0v) is 23.4. The highest BCUT2D eigenvalue weighted by Crippen LogP contribution is 2.69. The van der Waals surface area contributed by atoms with Crippen LogP contribution in [0.4, 0.5) is 5.69 Å². The second-order valence-electron chi connectivity index (χ2n) is 10.3. The number of benzene rings is 3. The lowest BCUT2D eigenvalue weighted by atomic mass is 9.54. The number of carbonyl (C=O) groups is 3. The third-order valence-corrected chi connectivity index (χ3v) is 10.0. The van der Waals surface area contributed by atoms with Crippen molar-refractivity contribution in [3.05, 3.63) is 99.0 Å². The Morgan fingerprint density at radius 3 is 1.63 bits per heavy atom. The molecule has 1 aliphatic heterocycles. The number of hydrogen-bond donors (Lipinski definition) is 1. The quantitative estimate of drug-likeness (QED) is 0.278. The molecule has 0 unspecified atom stereocenters. The van der Waals surface area contributed by atoms with Gasteiger partial charge in [0.25, 0.3) is 0 Å². The van der Waals surface area contributed by atoms with Crippen molar-refractivity contribution in [3.63, 3.8) is 0 Å². The SMILES string of the molecule is CC(C)[C@@H](C(=O)Nc1ccc(Cl)c(Cl)c1)N1C(=O)[C@@H]2[C@H](C1=O)C1(Cl)c3ccccc3C2(Cl)c2ccccc21. The van der Waals surface area contributed by atoms with Crippen LogP contribution in [-0.2, 0) is 24.1 Å². The van der Waals surface area contributed by atoms with Crippen LogP contribution in [0.2, 0.25) is 10.0 Å². The summed E-state index contributed by atoms with van der Waals surface area (Å²) in [7, 11) is 0. The Kier molecular flexibility index (Phi) is 5.90. The van der Waals surface area contributed by atoms with Gasteiger partial charge in [-0.2, -0.15) is 0 Å². The Morgan fingerprint density at radius 2 is 1.24 bits per heavy atom. The zero-order chi connectivity index (χ0) is 27.1. The smallest absolute Gasteiger partial charge is 0.247 e. The summed E-state index contributed by atoms with van der Waals surface area (Å²) < 4.78 is 0. The number of nitrogens with one attached hydrogen (secondary N) is 1. The van der Waals surface area contributed by atoms with Gasteiger partial charge in [0.15, 0.2) is 0 Å². The lowest BCUT2D eigenvalue weighted by Gasteiger charge is -2.54.